The van der Waals surface area contributed by atoms with Crippen LogP contribution < -0.4 is 5.43 Å². The van der Waals surface area contributed by atoms with E-state index in [1.165, 1.54) is 24.3 Å². The van der Waals surface area contributed by atoms with E-state index in [2.05, 4.69) is 15.6 Å². The van der Waals surface area contributed by atoms with Crippen molar-refractivity contribution in [2.24, 2.45) is 17.3 Å². The fourth-order valence-electron chi connectivity index (χ4n) is 5.36. The van der Waals surface area contributed by atoms with Crippen LogP contribution in [0.5, 0.6) is 0 Å². The first-order valence-electron chi connectivity index (χ1n) is 7.84. The maximum absolute atomic E-state index is 12.9. The summed E-state index contributed by atoms with van der Waals surface area (Å²) in [5, 5.41) is 7.41. The second-order valence-corrected chi connectivity index (χ2v) is 7.33. The second kappa shape index (κ2) is 4.54. The van der Waals surface area contributed by atoms with Gasteiger partial charge in [-0.25, -0.2) is 4.68 Å². The lowest BCUT2D eigenvalue weighted by Crippen LogP contribution is -2.61. The Morgan fingerprint density at radius 1 is 1.18 bits per heavy atom. The fourth-order valence-corrected chi connectivity index (χ4v) is 5.36. The van der Waals surface area contributed by atoms with Crippen molar-refractivity contribution in [1.29, 1.82) is 0 Å². The highest BCUT2D eigenvalue weighted by Crippen LogP contribution is 2.62. The number of amides is 1. The summed E-state index contributed by atoms with van der Waals surface area (Å²) in [5.74, 6) is 0.716. The Morgan fingerprint density at radius 3 is 2.41 bits per heavy atom. The van der Waals surface area contributed by atoms with Gasteiger partial charge in [0.25, 0.3) is 0 Å². The van der Waals surface area contributed by atoms with Gasteiger partial charge in [-0.2, -0.15) is 0 Å². The van der Waals surface area contributed by atoms with Gasteiger partial charge in [-0.05, 0) is 43.9 Å². The van der Waals surface area contributed by atoms with E-state index in [0.29, 0.717) is 18.3 Å². The summed E-state index contributed by atoms with van der Waals surface area (Å²) in [6, 6.07) is 0. The predicted molar refractivity (Wildman–Crippen MR) is 76.0 cm³/mol. The van der Waals surface area contributed by atoms with E-state index in [1.54, 1.807) is 0 Å². The number of aromatic nitrogens is 3. The van der Waals surface area contributed by atoms with Crippen LogP contribution in [0.15, 0.2) is 12.7 Å². The SMILES string of the molecule is CC(=O)OC12C[C@H]3C[C@@H](C1)CC(C(=O)Nn1cnnc1)(C3)C2. The zero-order valence-electron chi connectivity index (χ0n) is 12.6. The van der Waals surface area contributed by atoms with Gasteiger partial charge in [0.15, 0.2) is 0 Å². The van der Waals surface area contributed by atoms with Crippen molar-refractivity contribution in [2.75, 3.05) is 5.43 Å². The quantitative estimate of drug-likeness (QED) is 0.849. The molecule has 1 N–H and O–H groups in total. The third-order valence-corrected chi connectivity index (χ3v) is 5.50. The van der Waals surface area contributed by atoms with Crippen LogP contribution in [-0.2, 0) is 14.3 Å². The maximum Gasteiger partial charge on any atom is 0.303 e. The molecule has 4 bridgehead atoms. The topological polar surface area (TPSA) is 86.1 Å². The first-order valence-corrected chi connectivity index (χ1v) is 7.84. The van der Waals surface area contributed by atoms with Crippen molar-refractivity contribution in [1.82, 2.24) is 14.9 Å². The van der Waals surface area contributed by atoms with Gasteiger partial charge in [0.2, 0.25) is 5.91 Å². The van der Waals surface area contributed by atoms with E-state index in [9.17, 15) is 9.59 Å². The summed E-state index contributed by atoms with van der Waals surface area (Å²) in [4.78, 5) is 24.4. The molecule has 1 aromatic rings. The zero-order chi connectivity index (χ0) is 15.4. The normalized spacial score (nSPS) is 38.8. The summed E-state index contributed by atoms with van der Waals surface area (Å²) in [6.07, 6.45) is 8.34. The lowest BCUT2D eigenvalue weighted by molar-refractivity contribution is -0.200. The number of hydrogen-bond donors (Lipinski definition) is 1. The van der Waals surface area contributed by atoms with Crippen LogP contribution >= 0.6 is 0 Å². The lowest BCUT2D eigenvalue weighted by Gasteiger charge is -2.60. The largest absolute Gasteiger partial charge is 0.459 e. The van der Waals surface area contributed by atoms with Crippen LogP contribution in [0.25, 0.3) is 0 Å². The van der Waals surface area contributed by atoms with Gasteiger partial charge in [-0.15, -0.1) is 10.2 Å². The van der Waals surface area contributed by atoms with Gasteiger partial charge >= 0.3 is 5.97 Å². The molecule has 2 unspecified atom stereocenters. The number of nitrogens with one attached hydrogen (secondary N) is 1. The molecule has 0 radical (unpaired) electrons. The number of nitrogens with zero attached hydrogens (tertiary/aromatic N) is 3. The maximum atomic E-state index is 12.9. The fraction of sp³-hybridized carbons (Fsp3) is 0.733. The second-order valence-electron chi connectivity index (χ2n) is 7.33. The molecular weight excluding hydrogens is 284 g/mol. The molecule has 0 saturated heterocycles. The number of esters is 1. The molecule has 4 aliphatic rings. The molecule has 7 heteroatoms. The van der Waals surface area contributed by atoms with E-state index >= 15 is 0 Å². The van der Waals surface area contributed by atoms with Gasteiger partial charge in [-0.1, -0.05) is 0 Å². The molecule has 22 heavy (non-hydrogen) atoms. The minimum Gasteiger partial charge on any atom is -0.459 e. The first kappa shape index (κ1) is 13.7. The highest BCUT2D eigenvalue weighted by Gasteiger charge is 2.62. The van der Waals surface area contributed by atoms with Crippen molar-refractivity contribution in [2.45, 2.75) is 51.0 Å². The van der Waals surface area contributed by atoms with Gasteiger partial charge < -0.3 is 4.74 Å². The highest BCUT2D eigenvalue weighted by atomic mass is 16.6. The number of rotatable bonds is 3. The van der Waals surface area contributed by atoms with Crippen molar-refractivity contribution >= 4 is 11.9 Å². The summed E-state index contributed by atoms with van der Waals surface area (Å²) in [7, 11) is 0. The average molecular weight is 304 g/mol. The molecule has 4 fully saturated rings. The molecule has 7 nitrogen and oxygen atoms in total. The molecule has 5 rings (SSSR count). The van der Waals surface area contributed by atoms with Crippen molar-refractivity contribution in [3.8, 4) is 0 Å². The van der Waals surface area contributed by atoms with Gasteiger partial charge in [0.1, 0.15) is 18.3 Å². The van der Waals surface area contributed by atoms with Crippen LogP contribution in [-0.4, -0.2) is 32.4 Å². The summed E-state index contributed by atoms with van der Waals surface area (Å²) in [5.41, 5.74) is 2.00. The van der Waals surface area contributed by atoms with Crippen LogP contribution in [0.4, 0.5) is 0 Å². The van der Waals surface area contributed by atoms with Crippen LogP contribution in [0, 0.1) is 17.3 Å². The van der Waals surface area contributed by atoms with Gasteiger partial charge in [-0.3, -0.25) is 15.0 Å². The minimum absolute atomic E-state index is 0.00192. The number of ether oxygens (including phenoxy) is 1. The van der Waals surface area contributed by atoms with Crippen LogP contribution in [0.3, 0.4) is 0 Å². The summed E-state index contributed by atoms with van der Waals surface area (Å²) < 4.78 is 7.20. The van der Waals surface area contributed by atoms with E-state index in [1.807, 2.05) is 0 Å². The van der Waals surface area contributed by atoms with Crippen molar-refractivity contribution < 1.29 is 14.3 Å². The Labute approximate surface area is 128 Å². The molecule has 4 saturated carbocycles. The Balaban J connectivity index is 1.61. The van der Waals surface area contributed by atoms with E-state index < -0.39 is 11.0 Å². The average Bonchev–Trinajstić information content (AvgIpc) is 2.88. The molecule has 1 aromatic heterocycles. The molecular formula is C15H20N4O3. The van der Waals surface area contributed by atoms with Crippen LogP contribution in [0.1, 0.15) is 45.4 Å². The Hall–Kier alpha value is -1.92. The third kappa shape index (κ3) is 2.10. The molecule has 0 aromatic carbocycles. The minimum atomic E-state index is -0.430. The molecule has 1 heterocycles. The monoisotopic (exact) mass is 304 g/mol. The Bertz CT molecular complexity index is 598. The molecule has 0 spiro atoms. The summed E-state index contributed by atoms with van der Waals surface area (Å²) in [6.45, 7) is 1.46. The standard InChI is InChI=1S/C15H20N4O3/c1-10(20)22-15-5-11-2-12(6-15)4-14(3-11,7-15)13(21)18-19-8-16-17-9-19/h8-9,11-12H,2-7H2,1H3,(H,18,21)/t11-,12+,14?,15?. The zero-order valence-corrected chi connectivity index (χ0v) is 12.6. The first-order chi connectivity index (χ1) is 10.5. The summed E-state index contributed by atoms with van der Waals surface area (Å²) >= 11 is 0. The molecule has 4 aliphatic carbocycles. The molecule has 1 amide bonds. The number of carbonyl (C=O) groups is 2. The highest BCUT2D eigenvalue weighted by molar-refractivity contribution is 5.90. The van der Waals surface area contributed by atoms with E-state index in [4.69, 9.17) is 4.74 Å². The molecule has 4 atom stereocenters. The predicted octanol–water partition coefficient (Wildman–Crippen LogP) is 1.25. The Morgan fingerprint density at radius 2 is 1.82 bits per heavy atom. The number of carbonyl (C=O) groups excluding carboxylic acids is 2. The smallest absolute Gasteiger partial charge is 0.303 e. The molecule has 0 aliphatic heterocycles. The number of hydrogen-bond acceptors (Lipinski definition) is 5. The van der Waals surface area contributed by atoms with Crippen molar-refractivity contribution in [3.05, 3.63) is 12.7 Å². The van der Waals surface area contributed by atoms with E-state index in [-0.39, 0.29) is 11.9 Å². The van der Waals surface area contributed by atoms with Gasteiger partial charge in [0.05, 0.1) is 5.41 Å². The third-order valence-electron chi connectivity index (χ3n) is 5.50. The Kier molecular flexibility index (Phi) is 2.83. The van der Waals surface area contributed by atoms with Crippen molar-refractivity contribution in [3.63, 3.8) is 0 Å². The van der Waals surface area contributed by atoms with E-state index in [0.717, 1.165) is 32.1 Å². The lowest BCUT2D eigenvalue weighted by atomic mass is 9.47. The molecule has 118 valence electrons. The van der Waals surface area contributed by atoms with Crippen LogP contribution in [0.2, 0.25) is 0 Å². The van der Waals surface area contributed by atoms with Gasteiger partial charge in [0, 0.05) is 13.3 Å².